The smallest absolute Gasteiger partial charge is 0.407 e. The van der Waals surface area contributed by atoms with Gasteiger partial charge in [0.25, 0.3) is 0 Å². The normalized spacial score (nSPS) is 37.6. The predicted octanol–water partition coefficient (Wildman–Crippen LogP) is 0.833. The van der Waals surface area contributed by atoms with Crippen molar-refractivity contribution >= 4 is 6.09 Å². The van der Waals surface area contributed by atoms with E-state index < -0.39 is 6.09 Å². The molecule has 3 fully saturated rings. The second-order valence-corrected chi connectivity index (χ2v) is 4.77. The Kier molecular flexibility index (Phi) is 1.74. The van der Waals surface area contributed by atoms with Crippen LogP contribution in [-0.2, 0) is 0 Å². The van der Waals surface area contributed by atoms with Crippen LogP contribution in [0.25, 0.3) is 0 Å². The van der Waals surface area contributed by atoms with Gasteiger partial charge in [0.2, 0.25) is 0 Å². The van der Waals surface area contributed by atoms with Gasteiger partial charge in [-0.25, -0.2) is 4.79 Å². The molecule has 3 rings (SSSR count). The van der Waals surface area contributed by atoms with Crippen LogP contribution in [0.3, 0.4) is 0 Å². The number of carboxylic acid groups (broad SMARTS) is 1. The number of carbonyl (C=O) groups is 1. The highest BCUT2D eigenvalue weighted by atomic mass is 16.4. The molecule has 0 aromatic rings. The average molecular weight is 196 g/mol. The van der Waals surface area contributed by atoms with Gasteiger partial charge in [0.1, 0.15) is 0 Å². The zero-order chi connectivity index (χ0) is 9.71. The van der Waals surface area contributed by atoms with Crippen LogP contribution in [0.1, 0.15) is 19.3 Å². The van der Waals surface area contributed by atoms with Crippen LogP contribution in [0.2, 0.25) is 0 Å². The maximum absolute atomic E-state index is 10.8. The Morgan fingerprint density at radius 1 is 1.21 bits per heavy atom. The first-order valence-corrected chi connectivity index (χ1v) is 5.49. The minimum Gasteiger partial charge on any atom is -0.465 e. The second-order valence-electron chi connectivity index (χ2n) is 4.77. The standard InChI is InChI=1S/C10H16N2O2/c13-10(14)11-5-7-3-4-12(8-1-2-8)9(7)6-11/h7-9H,1-6H2,(H,13,14). The fourth-order valence-corrected chi connectivity index (χ4v) is 3.01. The van der Waals surface area contributed by atoms with E-state index in [0.29, 0.717) is 12.0 Å². The number of likely N-dealkylation sites (tertiary alicyclic amines) is 2. The number of amides is 1. The van der Waals surface area contributed by atoms with Crippen LogP contribution in [-0.4, -0.2) is 52.7 Å². The zero-order valence-electron chi connectivity index (χ0n) is 8.22. The van der Waals surface area contributed by atoms with Crippen molar-refractivity contribution in [2.24, 2.45) is 5.92 Å². The number of nitrogens with zero attached hydrogens (tertiary/aromatic N) is 2. The van der Waals surface area contributed by atoms with Gasteiger partial charge in [-0.2, -0.15) is 0 Å². The Morgan fingerprint density at radius 3 is 2.64 bits per heavy atom. The number of fused-ring (bicyclic) bond motifs is 1. The lowest BCUT2D eigenvalue weighted by molar-refractivity contribution is 0.146. The molecule has 2 heterocycles. The van der Waals surface area contributed by atoms with Crippen LogP contribution < -0.4 is 0 Å². The molecule has 4 heteroatoms. The number of hydrogen-bond donors (Lipinski definition) is 1. The first kappa shape index (κ1) is 8.53. The molecule has 2 saturated heterocycles. The van der Waals surface area contributed by atoms with E-state index >= 15 is 0 Å². The van der Waals surface area contributed by atoms with Crippen LogP contribution >= 0.6 is 0 Å². The minimum absolute atomic E-state index is 0.540. The van der Waals surface area contributed by atoms with Gasteiger partial charge in [0, 0.05) is 25.2 Å². The summed E-state index contributed by atoms with van der Waals surface area (Å²) in [6, 6.07) is 1.33. The first-order chi connectivity index (χ1) is 6.75. The lowest BCUT2D eigenvalue weighted by Crippen LogP contribution is -2.37. The number of rotatable bonds is 1. The molecule has 3 aliphatic rings. The van der Waals surface area contributed by atoms with Crippen molar-refractivity contribution in [3.8, 4) is 0 Å². The molecule has 0 bridgehead atoms. The summed E-state index contributed by atoms with van der Waals surface area (Å²) in [5.74, 6) is 0.617. The van der Waals surface area contributed by atoms with E-state index in [1.54, 1.807) is 4.90 Å². The molecule has 0 aromatic carbocycles. The molecule has 14 heavy (non-hydrogen) atoms. The monoisotopic (exact) mass is 196 g/mol. The van der Waals surface area contributed by atoms with Crippen LogP contribution in [0.15, 0.2) is 0 Å². The van der Waals surface area contributed by atoms with Crippen molar-refractivity contribution in [3.05, 3.63) is 0 Å². The summed E-state index contributed by atoms with van der Waals surface area (Å²) < 4.78 is 0. The minimum atomic E-state index is -0.741. The van der Waals surface area contributed by atoms with Gasteiger partial charge in [-0.3, -0.25) is 4.90 Å². The van der Waals surface area contributed by atoms with Crippen molar-refractivity contribution in [1.29, 1.82) is 0 Å². The lowest BCUT2D eigenvalue weighted by Gasteiger charge is -2.23. The van der Waals surface area contributed by atoms with Gasteiger partial charge in [0.05, 0.1) is 0 Å². The average Bonchev–Trinajstić information content (AvgIpc) is 2.77. The molecule has 2 atom stereocenters. The Balaban J connectivity index is 1.70. The molecule has 4 nitrogen and oxygen atoms in total. The molecule has 78 valence electrons. The van der Waals surface area contributed by atoms with E-state index in [1.165, 1.54) is 25.8 Å². The van der Waals surface area contributed by atoms with Gasteiger partial charge in [-0.15, -0.1) is 0 Å². The molecule has 1 saturated carbocycles. The van der Waals surface area contributed by atoms with E-state index in [4.69, 9.17) is 5.11 Å². The highest BCUT2D eigenvalue weighted by Crippen LogP contribution is 2.39. The van der Waals surface area contributed by atoms with Crippen LogP contribution in [0.4, 0.5) is 4.79 Å². The summed E-state index contributed by atoms with van der Waals surface area (Å²) in [7, 11) is 0. The lowest BCUT2D eigenvalue weighted by atomic mass is 10.1. The maximum atomic E-state index is 10.8. The SMILES string of the molecule is O=C(O)N1CC2CCN(C3CC3)C2C1. The van der Waals surface area contributed by atoms with Gasteiger partial charge >= 0.3 is 6.09 Å². The summed E-state index contributed by atoms with van der Waals surface area (Å²) in [5.41, 5.74) is 0. The van der Waals surface area contributed by atoms with E-state index in [2.05, 4.69) is 4.90 Å². The van der Waals surface area contributed by atoms with Crippen LogP contribution in [0.5, 0.6) is 0 Å². The Morgan fingerprint density at radius 2 is 2.00 bits per heavy atom. The summed E-state index contributed by atoms with van der Waals surface area (Å²) in [4.78, 5) is 15.0. The van der Waals surface area contributed by atoms with E-state index in [9.17, 15) is 4.79 Å². The van der Waals surface area contributed by atoms with Gasteiger partial charge in [-0.05, 0) is 31.7 Å². The van der Waals surface area contributed by atoms with Gasteiger partial charge in [0.15, 0.2) is 0 Å². The van der Waals surface area contributed by atoms with E-state index in [-0.39, 0.29) is 0 Å². The molecule has 1 N–H and O–H groups in total. The zero-order valence-corrected chi connectivity index (χ0v) is 8.22. The second kappa shape index (κ2) is 2.86. The summed E-state index contributed by atoms with van der Waals surface area (Å²) in [6.45, 7) is 2.72. The van der Waals surface area contributed by atoms with Crippen LogP contribution in [0, 0.1) is 5.92 Å². The molecule has 0 spiro atoms. The summed E-state index contributed by atoms with van der Waals surface area (Å²) in [6.07, 6.45) is 3.12. The largest absolute Gasteiger partial charge is 0.465 e. The van der Waals surface area contributed by atoms with E-state index in [0.717, 1.165) is 19.1 Å². The summed E-state index contributed by atoms with van der Waals surface area (Å²) >= 11 is 0. The van der Waals surface area contributed by atoms with Crippen molar-refractivity contribution < 1.29 is 9.90 Å². The van der Waals surface area contributed by atoms with Crippen molar-refractivity contribution in [1.82, 2.24) is 9.80 Å². The molecular formula is C10H16N2O2. The van der Waals surface area contributed by atoms with Gasteiger partial charge in [-0.1, -0.05) is 0 Å². The van der Waals surface area contributed by atoms with Crippen molar-refractivity contribution in [2.45, 2.75) is 31.3 Å². The topological polar surface area (TPSA) is 43.8 Å². The first-order valence-electron chi connectivity index (χ1n) is 5.49. The maximum Gasteiger partial charge on any atom is 0.407 e. The fourth-order valence-electron chi connectivity index (χ4n) is 3.01. The molecule has 0 radical (unpaired) electrons. The summed E-state index contributed by atoms with van der Waals surface area (Å²) in [5, 5.41) is 8.92. The quantitative estimate of drug-likeness (QED) is 0.675. The Bertz CT molecular complexity index is 265. The molecule has 2 aliphatic heterocycles. The third-order valence-corrected chi connectivity index (χ3v) is 3.88. The third kappa shape index (κ3) is 1.21. The fraction of sp³-hybridized carbons (Fsp3) is 0.900. The van der Waals surface area contributed by atoms with Gasteiger partial charge < -0.3 is 10.0 Å². The molecular weight excluding hydrogens is 180 g/mol. The highest BCUT2D eigenvalue weighted by molar-refractivity contribution is 5.65. The van der Waals surface area contributed by atoms with Crippen molar-refractivity contribution in [2.75, 3.05) is 19.6 Å². The molecule has 2 unspecified atom stereocenters. The third-order valence-electron chi connectivity index (χ3n) is 3.88. The molecule has 1 aliphatic carbocycles. The predicted molar refractivity (Wildman–Crippen MR) is 51.2 cm³/mol. The molecule has 1 amide bonds. The Labute approximate surface area is 83.5 Å². The van der Waals surface area contributed by atoms with E-state index in [1.807, 2.05) is 0 Å². The number of hydrogen-bond acceptors (Lipinski definition) is 2. The molecule has 0 aromatic heterocycles. The highest BCUT2D eigenvalue weighted by Gasteiger charge is 2.47. The Hall–Kier alpha value is -0.770. The van der Waals surface area contributed by atoms with Crippen molar-refractivity contribution in [3.63, 3.8) is 0 Å².